The van der Waals surface area contributed by atoms with Crippen molar-refractivity contribution in [2.24, 2.45) is 0 Å². The van der Waals surface area contributed by atoms with E-state index in [1.165, 1.54) is 0 Å². The summed E-state index contributed by atoms with van der Waals surface area (Å²) in [6.45, 7) is 1.47. The molecule has 2 N–H and O–H groups in total. The van der Waals surface area contributed by atoms with E-state index in [0.717, 1.165) is 22.4 Å². The molecule has 0 fully saturated rings. The fourth-order valence-corrected chi connectivity index (χ4v) is 2.08. The molecule has 2 rings (SSSR count). The van der Waals surface area contributed by atoms with E-state index >= 15 is 0 Å². The van der Waals surface area contributed by atoms with Crippen LogP contribution in [0.4, 0.5) is 0 Å². The van der Waals surface area contributed by atoms with Gasteiger partial charge in [-0.3, -0.25) is 0 Å². The monoisotopic (exact) mass is 282 g/mol. The van der Waals surface area contributed by atoms with E-state index in [9.17, 15) is 0 Å². The van der Waals surface area contributed by atoms with Crippen molar-refractivity contribution in [3.63, 3.8) is 0 Å². The Morgan fingerprint density at radius 3 is 2.67 bits per heavy atom. The lowest BCUT2D eigenvalue weighted by Gasteiger charge is -2.10. The lowest BCUT2D eigenvalue weighted by Crippen LogP contribution is -2.13. The van der Waals surface area contributed by atoms with Crippen LogP contribution in [0.15, 0.2) is 48.5 Å². The average Bonchev–Trinajstić information content (AvgIpc) is 2.54. The summed E-state index contributed by atoms with van der Waals surface area (Å²) in [5.41, 5.74) is 3.05. The molecule has 0 aliphatic carbocycles. The molecule has 0 radical (unpaired) electrons. The highest BCUT2D eigenvalue weighted by Crippen LogP contribution is 2.17. The molecule has 0 aliphatic rings. The number of nitriles is 1. The normalized spacial score (nSPS) is 10.1. The Kier molecular flexibility index (Phi) is 5.77. The van der Waals surface area contributed by atoms with Gasteiger partial charge in [-0.15, -0.1) is 0 Å². The van der Waals surface area contributed by atoms with Crippen molar-refractivity contribution >= 4 is 0 Å². The SMILES string of the molecule is N#CCOc1ccccc1CNCc1cccc(CO)c1. The van der Waals surface area contributed by atoms with Crippen LogP contribution in [0.2, 0.25) is 0 Å². The number of benzene rings is 2. The zero-order valence-corrected chi connectivity index (χ0v) is 11.7. The Labute approximate surface area is 124 Å². The molecule has 0 atom stereocenters. The van der Waals surface area contributed by atoms with Crippen molar-refractivity contribution in [1.82, 2.24) is 5.32 Å². The molecule has 0 saturated carbocycles. The molecule has 0 saturated heterocycles. The Bertz CT molecular complexity index is 620. The van der Waals surface area contributed by atoms with E-state index < -0.39 is 0 Å². The number of ether oxygens (including phenoxy) is 1. The summed E-state index contributed by atoms with van der Waals surface area (Å²) < 4.78 is 5.39. The van der Waals surface area contributed by atoms with Crippen LogP contribution in [0.3, 0.4) is 0 Å². The van der Waals surface area contributed by atoms with Gasteiger partial charge in [-0.2, -0.15) is 5.26 Å². The molecule has 0 aliphatic heterocycles. The maximum absolute atomic E-state index is 9.12. The van der Waals surface area contributed by atoms with E-state index in [-0.39, 0.29) is 13.2 Å². The van der Waals surface area contributed by atoms with Crippen molar-refractivity contribution in [1.29, 1.82) is 5.26 Å². The van der Waals surface area contributed by atoms with Crippen LogP contribution in [0.1, 0.15) is 16.7 Å². The van der Waals surface area contributed by atoms with Crippen molar-refractivity contribution in [3.05, 3.63) is 65.2 Å². The first-order chi connectivity index (χ1) is 10.3. The predicted molar refractivity (Wildman–Crippen MR) is 80.5 cm³/mol. The molecular formula is C17H18N2O2. The maximum Gasteiger partial charge on any atom is 0.174 e. The largest absolute Gasteiger partial charge is 0.478 e. The van der Waals surface area contributed by atoms with Crippen molar-refractivity contribution in [3.8, 4) is 11.8 Å². The molecule has 0 amide bonds. The Hall–Kier alpha value is -2.35. The molecule has 0 spiro atoms. The summed E-state index contributed by atoms with van der Waals surface area (Å²) >= 11 is 0. The summed E-state index contributed by atoms with van der Waals surface area (Å²) in [6, 6.07) is 17.5. The Morgan fingerprint density at radius 1 is 1.05 bits per heavy atom. The van der Waals surface area contributed by atoms with Crippen LogP contribution >= 0.6 is 0 Å². The lowest BCUT2D eigenvalue weighted by atomic mass is 10.1. The summed E-state index contributed by atoms with van der Waals surface area (Å²) in [7, 11) is 0. The zero-order chi connectivity index (χ0) is 14.9. The first-order valence-electron chi connectivity index (χ1n) is 6.80. The summed E-state index contributed by atoms with van der Waals surface area (Å²) in [5, 5.41) is 21.0. The quantitative estimate of drug-likeness (QED) is 0.818. The molecule has 108 valence electrons. The third kappa shape index (κ3) is 4.60. The fraction of sp³-hybridized carbons (Fsp3) is 0.235. The van der Waals surface area contributed by atoms with Gasteiger partial charge < -0.3 is 15.2 Å². The van der Waals surface area contributed by atoms with Gasteiger partial charge in [0.1, 0.15) is 11.8 Å². The minimum Gasteiger partial charge on any atom is -0.478 e. The lowest BCUT2D eigenvalue weighted by molar-refractivity contribution is 0.281. The zero-order valence-electron chi connectivity index (χ0n) is 11.7. The first-order valence-corrected chi connectivity index (χ1v) is 6.80. The minimum absolute atomic E-state index is 0.0511. The molecule has 0 bridgehead atoms. The van der Waals surface area contributed by atoms with Crippen LogP contribution in [0.5, 0.6) is 5.75 Å². The molecule has 2 aromatic carbocycles. The highest BCUT2D eigenvalue weighted by atomic mass is 16.5. The van der Waals surface area contributed by atoms with Crippen LogP contribution in [-0.2, 0) is 19.7 Å². The number of aliphatic hydroxyl groups excluding tert-OH is 1. The molecule has 0 unspecified atom stereocenters. The number of nitrogens with one attached hydrogen (secondary N) is 1. The van der Waals surface area contributed by atoms with Gasteiger partial charge in [0.2, 0.25) is 0 Å². The maximum atomic E-state index is 9.12. The second kappa shape index (κ2) is 8.05. The molecule has 0 heterocycles. The van der Waals surface area contributed by atoms with Gasteiger partial charge in [-0.25, -0.2) is 0 Å². The number of nitrogens with zero attached hydrogens (tertiary/aromatic N) is 1. The standard InChI is InChI=1S/C17H18N2O2/c18-8-9-21-17-7-2-1-6-16(17)12-19-11-14-4-3-5-15(10-14)13-20/h1-7,10,19-20H,9,11-13H2. The fourth-order valence-electron chi connectivity index (χ4n) is 2.08. The van der Waals surface area contributed by atoms with Crippen LogP contribution in [0.25, 0.3) is 0 Å². The van der Waals surface area contributed by atoms with Gasteiger partial charge in [0.25, 0.3) is 0 Å². The van der Waals surface area contributed by atoms with Crippen molar-refractivity contribution in [2.45, 2.75) is 19.7 Å². The summed E-state index contributed by atoms with van der Waals surface area (Å²) in [5.74, 6) is 0.732. The van der Waals surface area contributed by atoms with E-state index in [1.807, 2.05) is 54.6 Å². The first kappa shape index (κ1) is 15.0. The summed E-state index contributed by atoms with van der Waals surface area (Å²) in [4.78, 5) is 0. The Morgan fingerprint density at radius 2 is 1.86 bits per heavy atom. The third-order valence-electron chi connectivity index (χ3n) is 3.08. The Balaban J connectivity index is 1.92. The molecule has 21 heavy (non-hydrogen) atoms. The van der Waals surface area contributed by atoms with Gasteiger partial charge >= 0.3 is 0 Å². The second-order valence-electron chi connectivity index (χ2n) is 4.64. The molecule has 2 aromatic rings. The predicted octanol–water partition coefficient (Wildman–Crippen LogP) is 2.37. The third-order valence-corrected chi connectivity index (χ3v) is 3.08. The number of rotatable bonds is 7. The van der Waals surface area contributed by atoms with Crippen molar-refractivity contribution < 1.29 is 9.84 Å². The number of hydrogen-bond donors (Lipinski definition) is 2. The topological polar surface area (TPSA) is 65.3 Å². The van der Waals surface area contributed by atoms with Gasteiger partial charge in [-0.05, 0) is 17.2 Å². The number of para-hydroxylation sites is 1. The second-order valence-corrected chi connectivity index (χ2v) is 4.64. The van der Waals surface area contributed by atoms with Crippen LogP contribution in [0, 0.1) is 11.3 Å². The molecule has 4 heteroatoms. The van der Waals surface area contributed by atoms with Crippen molar-refractivity contribution in [2.75, 3.05) is 6.61 Å². The number of aliphatic hydroxyl groups is 1. The molecular weight excluding hydrogens is 264 g/mol. The van der Waals surface area contributed by atoms with Crippen LogP contribution in [-0.4, -0.2) is 11.7 Å². The smallest absolute Gasteiger partial charge is 0.174 e. The van der Waals surface area contributed by atoms with E-state index in [1.54, 1.807) is 0 Å². The minimum atomic E-state index is 0.0511. The number of hydrogen-bond acceptors (Lipinski definition) is 4. The highest BCUT2D eigenvalue weighted by Gasteiger charge is 2.02. The average molecular weight is 282 g/mol. The van der Waals surface area contributed by atoms with E-state index in [2.05, 4.69) is 5.32 Å². The van der Waals surface area contributed by atoms with Gasteiger partial charge in [0, 0.05) is 18.7 Å². The van der Waals surface area contributed by atoms with E-state index in [4.69, 9.17) is 15.1 Å². The van der Waals surface area contributed by atoms with Gasteiger partial charge in [0.15, 0.2) is 6.61 Å². The highest BCUT2D eigenvalue weighted by molar-refractivity contribution is 5.33. The molecule has 0 aromatic heterocycles. The van der Waals surface area contributed by atoms with Gasteiger partial charge in [-0.1, -0.05) is 42.5 Å². The van der Waals surface area contributed by atoms with Crippen LogP contribution < -0.4 is 10.1 Å². The molecule has 4 nitrogen and oxygen atoms in total. The summed E-state index contributed by atoms with van der Waals surface area (Å²) in [6.07, 6.45) is 0. The van der Waals surface area contributed by atoms with Gasteiger partial charge in [0.05, 0.1) is 6.61 Å². The van der Waals surface area contributed by atoms with E-state index in [0.29, 0.717) is 13.1 Å².